The summed E-state index contributed by atoms with van der Waals surface area (Å²) in [5, 5.41) is 5.27. The van der Waals surface area contributed by atoms with Gasteiger partial charge in [0, 0.05) is 24.8 Å². The summed E-state index contributed by atoms with van der Waals surface area (Å²) in [4.78, 5) is 26.8. The Morgan fingerprint density at radius 2 is 2.03 bits per heavy atom. The van der Waals surface area contributed by atoms with E-state index in [0.717, 1.165) is 6.42 Å². The minimum Gasteiger partial charge on any atom is -0.405 e. The van der Waals surface area contributed by atoms with Crippen LogP contribution in [-0.2, 0) is 6.54 Å². The first-order chi connectivity index (χ1) is 15.9. The first-order valence-electron chi connectivity index (χ1n) is 10.5. The molecule has 1 amide bonds. The number of rotatable bonds is 6. The molecular formula is C23H24FN7O2. The van der Waals surface area contributed by atoms with Gasteiger partial charge in [-0.05, 0) is 31.5 Å². The third-order valence-corrected chi connectivity index (χ3v) is 5.52. The number of fused-ring (bicyclic) bond motifs is 1. The van der Waals surface area contributed by atoms with Gasteiger partial charge in [-0.2, -0.15) is 5.10 Å². The monoisotopic (exact) mass is 449 g/mol. The molecule has 1 aromatic carbocycles. The fourth-order valence-corrected chi connectivity index (χ4v) is 3.27. The molecule has 9 nitrogen and oxygen atoms in total. The first-order valence-corrected chi connectivity index (χ1v) is 10.5. The van der Waals surface area contributed by atoms with E-state index in [9.17, 15) is 9.18 Å². The highest BCUT2D eigenvalue weighted by Crippen LogP contribution is 2.28. The summed E-state index contributed by atoms with van der Waals surface area (Å²) in [6.07, 6.45) is 3.22. The van der Waals surface area contributed by atoms with Crippen LogP contribution in [0.25, 0.3) is 22.6 Å². The molecule has 0 fully saturated rings. The molecule has 1 atom stereocenters. The molecule has 3 aromatic heterocycles. The quantitative estimate of drug-likeness (QED) is 0.475. The third-order valence-electron chi connectivity index (χ3n) is 5.52. The summed E-state index contributed by atoms with van der Waals surface area (Å²) in [5.41, 5.74) is 7.54. The Kier molecular flexibility index (Phi) is 6.16. The van der Waals surface area contributed by atoms with Gasteiger partial charge in [-0.1, -0.05) is 25.1 Å². The van der Waals surface area contributed by atoms with Crippen molar-refractivity contribution >= 4 is 22.9 Å². The predicted octanol–water partition coefficient (Wildman–Crippen LogP) is 3.89. The Morgan fingerprint density at radius 1 is 1.24 bits per heavy atom. The molecule has 0 aliphatic rings. The number of halogens is 1. The van der Waals surface area contributed by atoms with Gasteiger partial charge in [0.05, 0.1) is 18.1 Å². The number of benzene rings is 1. The Labute approximate surface area is 190 Å². The number of nitrogen functional groups attached to an aromatic ring is 1. The Bertz CT molecular complexity index is 1310. The third kappa shape index (κ3) is 4.45. The number of amides is 1. The van der Waals surface area contributed by atoms with Crippen LogP contribution in [-0.4, -0.2) is 48.8 Å². The molecule has 170 valence electrons. The normalized spacial score (nSPS) is 12.0. The van der Waals surface area contributed by atoms with Crippen molar-refractivity contribution in [1.82, 2.24) is 29.6 Å². The number of carbonyl (C=O) groups excluding carboxylic acids is 1. The molecule has 0 bridgehead atoms. The van der Waals surface area contributed by atoms with Crippen LogP contribution in [0.2, 0.25) is 0 Å². The van der Waals surface area contributed by atoms with Crippen LogP contribution >= 0.6 is 0 Å². The highest BCUT2D eigenvalue weighted by atomic mass is 19.1. The van der Waals surface area contributed by atoms with Gasteiger partial charge < -0.3 is 15.4 Å². The zero-order chi connectivity index (χ0) is 23.5. The zero-order valence-electron chi connectivity index (χ0n) is 18.6. The average molecular weight is 449 g/mol. The number of hydrogen-bond acceptors (Lipinski definition) is 7. The molecule has 3 heterocycles. The first kappa shape index (κ1) is 22.1. The van der Waals surface area contributed by atoms with Crippen molar-refractivity contribution in [1.29, 1.82) is 0 Å². The highest BCUT2D eigenvalue weighted by molar-refractivity contribution is 5.89. The summed E-state index contributed by atoms with van der Waals surface area (Å²) in [6, 6.07) is 10.1. The van der Waals surface area contributed by atoms with Crippen LogP contribution in [0.3, 0.4) is 0 Å². The molecule has 0 saturated carbocycles. The Morgan fingerprint density at radius 3 is 2.76 bits per heavy atom. The second kappa shape index (κ2) is 9.19. The molecule has 10 heteroatoms. The summed E-state index contributed by atoms with van der Waals surface area (Å²) < 4.78 is 21.1. The lowest BCUT2D eigenvalue weighted by molar-refractivity contribution is 0.147. The lowest BCUT2D eigenvalue weighted by atomic mass is 10.2. The summed E-state index contributed by atoms with van der Waals surface area (Å²) >= 11 is 0. The van der Waals surface area contributed by atoms with Gasteiger partial charge in [-0.15, -0.1) is 0 Å². The number of pyridine rings is 1. The van der Waals surface area contributed by atoms with Gasteiger partial charge >= 0.3 is 6.09 Å². The van der Waals surface area contributed by atoms with Crippen LogP contribution < -0.4 is 10.5 Å². The van der Waals surface area contributed by atoms with E-state index in [1.807, 2.05) is 19.9 Å². The Balaban J connectivity index is 1.66. The molecule has 0 spiro atoms. The fourth-order valence-electron chi connectivity index (χ4n) is 3.27. The predicted molar refractivity (Wildman–Crippen MR) is 122 cm³/mol. The SMILES string of the molecule is CCC(C)N(C)C(=O)Oc1cnc(-c2nn(Cc3ccccc3F)c3ncccc23)nc1N. The van der Waals surface area contributed by atoms with E-state index in [1.165, 1.54) is 17.2 Å². The summed E-state index contributed by atoms with van der Waals surface area (Å²) in [6.45, 7) is 4.08. The molecule has 0 saturated heterocycles. The maximum atomic E-state index is 14.2. The second-order valence-electron chi connectivity index (χ2n) is 7.65. The minimum absolute atomic E-state index is 0.00611. The van der Waals surface area contributed by atoms with Crippen molar-refractivity contribution in [3.05, 3.63) is 60.2 Å². The molecule has 4 rings (SSSR count). The number of carbonyl (C=O) groups is 1. The number of aromatic nitrogens is 5. The van der Waals surface area contributed by atoms with Crippen LogP contribution in [0.1, 0.15) is 25.8 Å². The van der Waals surface area contributed by atoms with Crippen LogP contribution in [0.15, 0.2) is 48.8 Å². The van der Waals surface area contributed by atoms with Gasteiger partial charge in [0.25, 0.3) is 0 Å². The van der Waals surface area contributed by atoms with Crippen LogP contribution in [0, 0.1) is 5.82 Å². The van der Waals surface area contributed by atoms with Crippen molar-refractivity contribution < 1.29 is 13.9 Å². The summed E-state index contributed by atoms with van der Waals surface area (Å²) in [7, 11) is 1.66. The molecule has 0 radical (unpaired) electrons. The average Bonchev–Trinajstić information content (AvgIpc) is 3.19. The van der Waals surface area contributed by atoms with Crippen molar-refractivity contribution in [3.63, 3.8) is 0 Å². The Hall–Kier alpha value is -4.08. The lowest BCUT2D eigenvalue weighted by Crippen LogP contribution is -2.36. The smallest absolute Gasteiger partial charge is 0.405 e. The second-order valence-corrected chi connectivity index (χ2v) is 7.65. The maximum Gasteiger partial charge on any atom is 0.415 e. The molecule has 33 heavy (non-hydrogen) atoms. The molecule has 4 aromatic rings. The van der Waals surface area contributed by atoms with Gasteiger partial charge in [0.1, 0.15) is 11.5 Å². The lowest BCUT2D eigenvalue weighted by Gasteiger charge is -2.22. The highest BCUT2D eigenvalue weighted by Gasteiger charge is 2.21. The minimum atomic E-state index is -0.545. The molecule has 0 aliphatic heterocycles. The number of hydrogen-bond donors (Lipinski definition) is 1. The number of nitrogens with two attached hydrogens (primary N) is 1. The maximum absolute atomic E-state index is 14.2. The fraction of sp³-hybridized carbons (Fsp3) is 0.261. The van der Waals surface area contributed by atoms with Crippen molar-refractivity contribution in [2.24, 2.45) is 0 Å². The molecular weight excluding hydrogens is 425 g/mol. The van der Waals surface area contributed by atoms with Gasteiger partial charge in [-0.25, -0.2) is 28.8 Å². The topological polar surface area (TPSA) is 112 Å². The van der Waals surface area contributed by atoms with E-state index in [2.05, 4.69) is 20.1 Å². The van der Waals surface area contributed by atoms with Gasteiger partial charge in [0.15, 0.2) is 23.0 Å². The number of nitrogens with zero attached hydrogens (tertiary/aromatic N) is 6. The number of anilines is 1. The van der Waals surface area contributed by atoms with Crippen LogP contribution in [0.5, 0.6) is 5.75 Å². The largest absolute Gasteiger partial charge is 0.415 e. The van der Waals surface area contributed by atoms with Gasteiger partial charge in [-0.3, -0.25) is 0 Å². The van der Waals surface area contributed by atoms with E-state index in [1.54, 1.807) is 42.2 Å². The van der Waals surface area contributed by atoms with Crippen LogP contribution in [0.4, 0.5) is 15.0 Å². The van der Waals surface area contributed by atoms with E-state index in [4.69, 9.17) is 10.5 Å². The zero-order valence-corrected chi connectivity index (χ0v) is 18.6. The molecule has 0 aliphatic carbocycles. The standard InChI is InChI=1S/C23H24FN7O2/c1-4-14(2)30(3)23(32)33-18-12-27-21(28-20(18)25)19-16-9-7-11-26-22(16)31(29-19)13-15-8-5-6-10-17(15)24/h5-12,14H,4,13H2,1-3H3,(H2,25,27,28). The van der Waals surface area contributed by atoms with E-state index in [0.29, 0.717) is 22.3 Å². The molecule has 1 unspecified atom stereocenters. The van der Waals surface area contributed by atoms with E-state index < -0.39 is 6.09 Å². The van der Waals surface area contributed by atoms with Gasteiger partial charge in [0.2, 0.25) is 0 Å². The van der Waals surface area contributed by atoms with Crippen molar-refractivity contribution in [2.75, 3.05) is 12.8 Å². The molecule has 2 N–H and O–H groups in total. The van der Waals surface area contributed by atoms with Crippen molar-refractivity contribution in [2.45, 2.75) is 32.9 Å². The van der Waals surface area contributed by atoms with E-state index >= 15 is 0 Å². The summed E-state index contributed by atoms with van der Waals surface area (Å²) in [5.74, 6) is -0.0146. The van der Waals surface area contributed by atoms with Crippen molar-refractivity contribution in [3.8, 4) is 17.3 Å². The number of ether oxygens (including phenoxy) is 1. The van der Waals surface area contributed by atoms with E-state index in [-0.39, 0.29) is 35.8 Å².